The second-order valence-corrected chi connectivity index (χ2v) is 5.29. The lowest BCUT2D eigenvalue weighted by Crippen LogP contribution is -2.33. The van der Waals surface area contributed by atoms with Crippen molar-refractivity contribution in [1.29, 1.82) is 0 Å². The zero-order valence-corrected chi connectivity index (χ0v) is 12.7. The number of hydrogen-bond donors (Lipinski definition) is 3. The summed E-state index contributed by atoms with van der Waals surface area (Å²) >= 11 is 0. The van der Waals surface area contributed by atoms with Crippen molar-refractivity contribution in [3.05, 3.63) is 29.3 Å². The van der Waals surface area contributed by atoms with E-state index in [2.05, 4.69) is 5.32 Å². The average Bonchev–Trinajstić information content (AvgIpc) is 2.44. The highest BCUT2D eigenvalue weighted by Crippen LogP contribution is 2.19. The molecule has 0 saturated carbocycles. The second kappa shape index (κ2) is 8.95. The monoisotopic (exact) mass is 281 g/mol. The van der Waals surface area contributed by atoms with Crippen LogP contribution in [0.3, 0.4) is 0 Å². The van der Waals surface area contributed by atoms with Crippen molar-refractivity contribution >= 4 is 0 Å². The molecule has 0 heterocycles. The lowest BCUT2D eigenvalue weighted by Gasteiger charge is -2.15. The first-order valence-electron chi connectivity index (χ1n) is 7.29. The van der Waals surface area contributed by atoms with Gasteiger partial charge in [-0.15, -0.1) is 0 Å². The van der Waals surface area contributed by atoms with Crippen LogP contribution in [0.15, 0.2) is 18.2 Å². The van der Waals surface area contributed by atoms with Crippen molar-refractivity contribution in [1.82, 2.24) is 5.32 Å². The van der Waals surface area contributed by atoms with E-state index in [0.717, 1.165) is 23.3 Å². The topological polar surface area (TPSA) is 61.7 Å². The molecule has 0 fully saturated rings. The Morgan fingerprint density at radius 2 is 1.95 bits per heavy atom. The molecular weight excluding hydrogens is 254 g/mol. The van der Waals surface area contributed by atoms with Crippen LogP contribution >= 0.6 is 0 Å². The predicted octanol–water partition coefficient (Wildman–Crippen LogP) is 1.79. The molecule has 0 aromatic heterocycles. The zero-order chi connectivity index (χ0) is 15.0. The summed E-state index contributed by atoms with van der Waals surface area (Å²) in [5.74, 6) is 0.824. The Bertz CT molecular complexity index is 395. The zero-order valence-electron chi connectivity index (χ0n) is 12.7. The van der Waals surface area contributed by atoms with Crippen LogP contribution in [0, 0.1) is 13.8 Å². The van der Waals surface area contributed by atoms with Crippen LogP contribution in [-0.2, 0) is 0 Å². The number of ether oxygens (including phenoxy) is 1. The SMILES string of the molecule is CCC(O)CCNCC(O)COc1cc(C)ccc1C. The Balaban J connectivity index is 2.22. The van der Waals surface area contributed by atoms with E-state index in [1.165, 1.54) is 0 Å². The van der Waals surface area contributed by atoms with Gasteiger partial charge in [-0.1, -0.05) is 19.1 Å². The maximum atomic E-state index is 9.84. The third kappa shape index (κ3) is 6.37. The largest absolute Gasteiger partial charge is 0.491 e. The Hall–Kier alpha value is -1.10. The molecule has 114 valence electrons. The van der Waals surface area contributed by atoms with Gasteiger partial charge in [0.25, 0.3) is 0 Å². The number of aryl methyl sites for hydroxylation is 2. The van der Waals surface area contributed by atoms with E-state index in [4.69, 9.17) is 4.74 Å². The van der Waals surface area contributed by atoms with Gasteiger partial charge in [0.05, 0.1) is 6.10 Å². The van der Waals surface area contributed by atoms with Gasteiger partial charge >= 0.3 is 0 Å². The standard InChI is InChI=1S/C16H27NO3/c1-4-14(18)7-8-17-10-15(19)11-20-16-9-12(2)5-6-13(16)3/h5-6,9,14-15,17-19H,4,7-8,10-11H2,1-3H3. The van der Waals surface area contributed by atoms with Gasteiger partial charge in [-0.05, 0) is 50.4 Å². The summed E-state index contributed by atoms with van der Waals surface area (Å²) in [6.07, 6.45) is 0.667. The Morgan fingerprint density at radius 1 is 1.20 bits per heavy atom. The smallest absolute Gasteiger partial charge is 0.122 e. The normalized spacial score (nSPS) is 14.1. The van der Waals surface area contributed by atoms with Gasteiger partial charge in [0.2, 0.25) is 0 Å². The summed E-state index contributed by atoms with van der Waals surface area (Å²) in [6.45, 7) is 7.41. The third-order valence-corrected chi connectivity index (χ3v) is 3.28. The summed E-state index contributed by atoms with van der Waals surface area (Å²) in [5, 5.41) is 22.4. The van der Waals surface area contributed by atoms with Gasteiger partial charge in [-0.2, -0.15) is 0 Å². The van der Waals surface area contributed by atoms with Gasteiger partial charge in [-0.3, -0.25) is 0 Å². The molecule has 1 rings (SSSR count). The highest BCUT2D eigenvalue weighted by Gasteiger charge is 2.07. The molecule has 20 heavy (non-hydrogen) atoms. The first kappa shape index (κ1) is 17.0. The Labute approximate surface area is 121 Å². The number of rotatable bonds is 9. The summed E-state index contributed by atoms with van der Waals surface area (Å²) in [5.41, 5.74) is 2.22. The van der Waals surface area contributed by atoms with Crippen LogP contribution in [0.5, 0.6) is 5.75 Å². The van der Waals surface area contributed by atoms with Crippen molar-refractivity contribution in [3.63, 3.8) is 0 Å². The van der Waals surface area contributed by atoms with Crippen LogP contribution in [0.2, 0.25) is 0 Å². The molecule has 0 radical (unpaired) electrons. The fourth-order valence-corrected chi connectivity index (χ4v) is 1.85. The van der Waals surface area contributed by atoms with Gasteiger partial charge < -0.3 is 20.3 Å². The van der Waals surface area contributed by atoms with Gasteiger partial charge in [0.1, 0.15) is 18.5 Å². The van der Waals surface area contributed by atoms with Crippen LogP contribution < -0.4 is 10.1 Å². The summed E-state index contributed by atoms with van der Waals surface area (Å²) in [4.78, 5) is 0. The highest BCUT2D eigenvalue weighted by atomic mass is 16.5. The fourth-order valence-electron chi connectivity index (χ4n) is 1.85. The Morgan fingerprint density at radius 3 is 2.65 bits per heavy atom. The van der Waals surface area contributed by atoms with E-state index in [1.54, 1.807) is 0 Å². The number of nitrogens with one attached hydrogen (secondary N) is 1. The molecular formula is C16H27NO3. The number of benzene rings is 1. The van der Waals surface area contributed by atoms with Crippen molar-refractivity contribution in [2.45, 2.75) is 45.8 Å². The molecule has 4 nitrogen and oxygen atoms in total. The molecule has 0 saturated heterocycles. The van der Waals surface area contributed by atoms with Crippen molar-refractivity contribution < 1.29 is 14.9 Å². The Kier molecular flexibility index (Phi) is 7.59. The molecule has 3 N–H and O–H groups in total. The lowest BCUT2D eigenvalue weighted by molar-refractivity contribution is 0.103. The molecule has 0 bridgehead atoms. The third-order valence-electron chi connectivity index (χ3n) is 3.28. The van der Waals surface area contributed by atoms with Crippen LogP contribution in [0.1, 0.15) is 30.9 Å². The van der Waals surface area contributed by atoms with Gasteiger partial charge in [0.15, 0.2) is 0 Å². The van der Waals surface area contributed by atoms with E-state index < -0.39 is 6.10 Å². The first-order chi connectivity index (χ1) is 9.52. The number of hydrogen-bond acceptors (Lipinski definition) is 4. The first-order valence-corrected chi connectivity index (χ1v) is 7.29. The minimum Gasteiger partial charge on any atom is -0.491 e. The average molecular weight is 281 g/mol. The van der Waals surface area contributed by atoms with Crippen molar-refractivity contribution in [2.75, 3.05) is 19.7 Å². The minimum absolute atomic E-state index is 0.258. The van der Waals surface area contributed by atoms with E-state index in [-0.39, 0.29) is 12.7 Å². The number of aliphatic hydroxyl groups is 2. The van der Waals surface area contributed by atoms with E-state index in [9.17, 15) is 10.2 Å². The van der Waals surface area contributed by atoms with E-state index in [1.807, 2.05) is 39.0 Å². The molecule has 1 aromatic rings. The van der Waals surface area contributed by atoms with Gasteiger partial charge in [-0.25, -0.2) is 0 Å². The van der Waals surface area contributed by atoms with E-state index >= 15 is 0 Å². The fraction of sp³-hybridized carbons (Fsp3) is 0.625. The molecule has 0 aliphatic carbocycles. The summed E-state index contributed by atoms with van der Waals surface area (Å²) < 4.78 is 5.64. The van der Waals surface area contributed by atoms with Crippen LogP contribution in [0.25, 0.3) is 0 Å². The highest BCUT2D eigenvalue weighted by molar-refractivity contribution is 5.35. The van der Waals surface area contributed by atoms with Crippen molar-refractivity contribution in [2.24, 2.45) is 0 Å². The predicted molar refractivity (Wildman–Crippen MR) is 81.2 cm³/mol. The molecule has 4 heteroatoms. The maximum Gasteiger partial charge on any atom is 0.122 e. The second-order valence-electron chi connectivity index (χ2n) is 5.29. The molecule has 2 unspecified atom stereocenters. The van der Waals surface area contributed by atoms with Crippen molar-refractivity contribution in [3.8, 4) is 5.75 Å². The number of aliphatic hydroxyl groups excluding tert-OH is 2. The van der Waals surface area contributed by atoms with Crippen LogP contribution in [0.4, 0.5) is 0 Å². The summed E-state index contributed by atoms with van der Waals surface area (Å²) in [6, 6.07) is 6.04. The quantitative estimate of drug-likeness (QED) is 0.604. The molecule has 0 aliphatic rings. The molecule has 2 atom stereocenters. The summed E-state index contributed by atoms with van der Waals surface area (Å²) in [7, 11) is 0. The van der Waals surface area contributed by atoms with Crippen LogP contribution in [-0.4, -0.2) is 42.1 Å². The van der Waals surface area contributed by atoms with Gasteiger partial charge in [0, 0.05) is 6.54 Å². The lowest BCUT2D eigenvalue weighted by atomic mass is 10.1. The minimum atomic E-state index is -0.548. The molecule has 0 spiro atoms. The molecule has 0 amide bonds. The molecule has 0 aliphatic heterocycles. The maximum absolute atomic E-state index is 9.84. The van der Waals surface area contributed by atoms with E-state index in [0.29, 0.717) is 19.5 Å². The molecule has 1 aromatic carbocycles.